The van der Waals surface area contributed by atoms with Gasteiger partial charge in [0, 0.05) is 23.4 Å². The molecular formula is C19H25NO5. The second kappa shape index (κ2) is 5.97. The second-order valence-corrected chi connectivity index (χ2v) is 7.55. The van der Waals surface area contributed by atoms with Crippen LogP contribution in [0.5, 0.6) is 11.5 Å². The van der Waals surface area contributed by atoms with Crippen LogP contribution < -0.4 is 4.74 Å². The number of hydrogen-bond donors (Lipinski definition) is 3. The number of ether oxygens (including phenoxy) is 1. The summed E-state index contributed by atoms with van der Waals surface area (Å²) in [5.74, 6) is 1.50. The molecule has 0 aromatic heterocycles. The van der Waals surface area contributed by atoms with Gasteiger partial charge in [0.2, 0.25) is 0 Å². The number of aromatic hydroxyl groups is 1. The lowest BCUT2D eigenvalue weighted by molar-refractivity contribution is -0.138. The molecule has 2 heterocycles. The molecule has 0 amide bonds. The molecule has 1 saturated carbocycles. The minimum atomic E-state index is -0.366. The number of aliphatic hydroxyl groups is 2. The van der Waals surface area contributed by atoms with Crippen LogP contribution in [0.25, 0.3) is 0 Å². The molecule has 136 valence electrons. The summed E-state index contributed by atoms with van der Waals surface area (Å²) in [6.45, 7) is 0.753. The van der Waals surface area contributed by atoms with E-state index in [1.54, 1.807) is 6.07 Å². The van der Waals surface area contributed by atoms with Gasteiger partial charge in [0.25, 0.3) is 0 Å². The summed E-state index contributed by atoms with van der Waals surface area (Å²) in [6, 6.07) is 4.26. The van der Waals surface area contributed by atoms with E-state index < -0.39 is 0 Å². The highest BCUT2D eigenvalue weighted by atomic mass is 16.5. The minimum Gasteiger partial charge on any atom is -0.504 e. The number of phenolic OH excluding ortho intramolecular Hbond substituents is 1. The van der Waals surface area contributed by atoms with Crippen LogP contribution in [0.4, 0.5) is 0 Å². The molecule has 1 saturated heterocycles. The van der Waals surface area contributed by atoms with Gasteiger partial charge in [0.15, 0.2) is 23.4 Å². The van der Waals surface area contributed by atoms with Crippen molar-refractivity contribution in [2.75, 3.05) is 26.8 Å². The fourth-order valence-corrected chi connectivity index (χ4v) is 5.52. The molecule has 2 aliphatic heterocycles. The number of likely N-dealkylation sites (tertiary alicyclic amines) is 1. The third kappa shape index (κ3) is 2.17. The molecule has 2 aliphatic carbocycles. The lowest BCUT2D eigenvalue weighted by Crippen LogP contribution is -2.65. The molecule has 0 unspecified atom stereocenters. The first-order chi connectivity index (χ1) is 12.0. The maximum absolute atomic E-state index is 12.5. The molecule has 6 heteroatoms. The number of ketones is 1. The Bertz CT molecular complexity index is 703. The van der Waals surface area contributed by atoms with E-state index in [2.05, 4.69) is 11.9 Å². The number of likely N-dealkylation sites (N-methyl/N-ethyl adjacent to an activating group) is 1. The zero-order valence-corrected chi connectivity index (χ0v) is 14.4. The number of nitrogens with zero attached hydrogens (tertiary/aromatic N) is 1. The van der Waals surface area contributed by atoms with Crippen molar-refractivity contribution in [3.63, 3.8) is 0 Å². The van der Waals surface area contributed by atoms with Crippen LogP contribution in [0.15, 0.2) is 12.1 Å². The van der Waals surface area contributed by atoms with Gasteiger partial charge in [-0.1, -0.05) is 6.07 Å². The number of rotatable bonds is 1. The Kier molecular flexibility index (Phi) is 4.02. The standard InChI is InChI=1S/C17H19NO3.C2H6O2/c1-18-7-6-17-10-3-5-13(20)16(17)21-15-12(19)4-2-9(14(15)17)8-11(10)18;3-1-2-4/h2,4,10-11,16,19H,3,5-8H2,1H3;3-4H,1-2H2/t10-,11+,16-,17-;/m0./s1. The number of benzene rings is 1. The van der Waals surface area contributed by atoms with E-state index in [-0.39, 0.29) is 36.3 Å². The third-order valence-corrected chi connectivity index (χ3v) is 6.49. The maximum Gasteiger partial charge on any atom is 0.174 e. The first-order valence-corrected chi connectivity index (χ1v) is 9.01. The van der Waals surface area contributed by atoms with Crippen molar-refractivity contribution in [1.82, 2.24) is 4.90 Å². The van der Waals surface area contributed by atoms with E-state index in [1.807, 2.05) is 6.07 Å². The Morgan fingerprint density at radius 1 is 1.32 bits per heavy atom. The number of aliphatic hydroxyl groups excluding tert-OH is 2. The Hall–Kier alpha value is -1.63. The average Bonchev–Trinajstić information content (AvgIpc) is 2.98. The SMILES string of the molecule is CN1CC[C@]23c4c5ccc(O)c4O[C@H]2C(=O)CC[C@H]3[C@H]1C5.OCCO. The zero-order chi connectivity index (χ0) is 17.8. The normalized spacial score (nSPS) is 34.7. The molecule has 5 rings (SSSR count). The van der Waals surface area contributed by atoms with E-state index in [0.717, 1.165) is 31.4 Å². The van der Waals surface area contributed by atoms with Gasteiger partial charge in [0.05, 0.1) is 13.2 Å². The van der Waals surface area contributed by atoms with Crippen molar-refractivity contribution in [1.29, 1.82) is 0 Å². The van der Waals surface area contributed by atoms with Gasteiger partial charge >= 0.3 is 0 Å². The first kappa shape index (κ1) is 16.8. The quantitative estimate of drug-likeness (QED) is 0.689. The van der Waals surface area contributed by atoms with Crippen molar-refractivity contribution in [3.8, 4) is 11.5 Å². The van der Waals surface area contributed by atoms with Crippen LogP contribution in [0.2, 0.25) is 0 Å². The van der Waals surface area contributed by atoms with E-state index >= 15 is 0 Å². The van der Waals surface area contributed by atoms with Crippen LogP contribution in [0.1, 0.15) is 30.4 Å². The molecule has 0 radical (unpaired) electrons. The lowest BCUT2D eigenvalue weighted by Gasteiger charge is -2.57. The summed E-state index contributed by atoms with van der Waals surface area (Å²) in [5.41, 5.74) is 2.26. The first-order valence-electron chi connectivity index (χ1n) is 9.01. The van der Waals surface area contributed by atoms with Crippen molar-refractivity contribution >= 4 is 5.78 Å². The highest BCUT2D eigenvalue weighted by Crippen LogP contribution is 2.62. The molecular weight excluding hydrogens is 322 g/mol. The van der Waals surface area contributed by atoms with Gasteiger partial charge in [-0.25, -0.2) is 0 Å². The molecule has 6 nitrogen and oxygen atoms in total. The minimum absolute atomic E-state index is 0.125. The summed E-state index contributed by atoms with van der Waals surface area (Å²) in [4.78, 5) is 14.9. The predicted molar refractivity (Wildman–Crippen MR) is 90.8 cm³/mol. The molecule has 2 fully saturated rings. The van der Waals surface area contributed by atoms with E-state index in [4.69, 9.17) is 14.9 Å². The molecule has 2 bridgehead atoms. The fraction of sp³-hybridized carbons (Fsp3) is 0.632. The molecule has 4 aliphatic rings. The smallest absolute Gasteiger partial charge is 0.174 e. The molecule has 1 spiro atoms. The van der Waals surface area contributed by atoms with Crippen molar-refractivity contribution < 1.29 is 24.9 Å². The Morgan fingerprint density at radius 2 is 2.08 bits per heavy atom. The highest BCUT2D eigenvalue weighted by molar-refractivity contribution is 5.89. The lowest BCUT2D eigenvalue weighted by atomic mass is 9.52. The Labute approximate surface area is 147 Å². The number of hydrogen-bond acceptors (Lipinski definition) is 6. The summed E-state index contributed by atoms with van der Waals surface area (Å²) in [7, 11) is 2.20. The van der Waals surface area contributed by atoms with Gasteiger partial charge in [0.1, 0.15) is 0 Å². The van der Waals surface area contributed by atoms with Crippen molar-refractivity contribution in [2.24, 2.45) is 5.92 Å². The van der Waals surface area contributed by atoms with Gasteiger partial charge in [-0.3, -0.25) is 4.79 Å². The van der Waals surface area contributed by atoms with Crippen LogP contribution >= 0.6 is 0 Å². The van der Waals surface area contributed by atoms with Crippen LogP contribution in [-0.4, -0.2) is 65.0 Å². The fourth-order valence-electron chi connectivity index (χ4n) is 5.52. The van der Waals surface area contributed by atoms with Crippen LogP contribution in [0, 0.1) is 5.92 Å². The van der Waals surface area contributed by atoms with E-state index in [1.165, 1.54) is 5.56 Å². The molecule has 1 aromatic carbocycles. The average molecular weight is 347 g/mol. The van der Waals surface area contributed by atoms with Gasteiger partial charge < -0.3 is 25.0 Å². The topological polar surface area (TPSA) is 90.2 Å². The Morgan fingerprint density at radius 3 is 2.80 bits per heavy atom. The molecule has 4 atom stereocenters. The van der Waals surface area contributed by atoms with E-state index in [9.17, 15) is 9.90 Å². The summed E-state index contributed by atoms with van der Waals surface area (Å²) >= 11 is 0. The largest absolute Gasteiger partial charge is 0.504 e. The summed E-state index contributed by atoms with van der Waals surface area (Å²) < 4.78 is 6.04. The number of carbonyl (C=O) groups is 1. The van der Waals surface area contributed by atoms with Gasteiger partial charge in [-0.2, -0.15) is 0 Å². The number of Topliss-reactive ketones (excluding diaryl/α,β-unsaturated/α-hetero) is 1. The van der Waals surface area contributed by atoms with Crippen LogP contribution in [0.3, 0.4) is 0 Å². The van der Waals surface area contributed by atoms with Gasteiger partial charge in [-0.05, 0) is 50.4 Å². The maximum atomic E-state index is 12.5. The van der Waals surface area contributed by atoms with Crippen molar-refractivity contribution in [2.45, 2.75) is 43.2 Å². The monoisotopic (exact) mass is 347 g/mol. The summed E-state index contributed by atoms with van der Waals surface area (Å²) in [5, 5.41) is 25.4. The number of piperidine rings is 1. The third-order valence-electron chi connectivity index (χ3n) is 6.49. The number of phenols is 1. The van der Waals surface area contributed by atoms with E-state index in [0.29, 0.717) is 24.1 Å². The number of carbonyl (C=O) groups excluding carboxylic acids is 1. The highest BCUT2D eigenvalue weighted by Gasteiger charge is 2.65. The predicted octanol–water partition coefficient (Wildman–Crippen LogP) is 0.601. The molecule has 25 heavy (non-hydrogen) atoms. The van der Waals surface area contributed by atoms with Crippen LogP contribution in [-0.2, 0) is 16.6 Å². The Balaban J connectivity index is 0.000000358. The summed E-state index contributed by atoms with van der Waals surface area (Å²) in [6.07, 6.45) is 3.18. The molecule has 1 aromatic rings. The van der Waals surface area contributed by atoms with Crippen molar-refractivity contribution in [3.05, 3.63) is 23.3 Å². The second-order valence-electron chi connectivity index (χ2n) is 7.55. The zero-order valence-electron chi connectivity index (χ0n) is 14.4. The molecule has 3 N–H and O–H groups in total. The van der Waals surface area contributed by atoms with Gasteiger partial charge in [-0.15, -0.1) is 0 Å².